The second kappa shape index (κ2) is 8.60. The Bertz CT molecular complexity index is 56.5. The van der Waals surface area contributed by atoms with Crippen molar-refractivity contribution < 1.29 is 0 Å². The first-order chi connectivity index (χ1) is 4.91. The monoisotopic (exact) mass is 194 g/mol. The number of hydrogen-bond donors (Lipinski definition) is 0. The van der Waals surface area contributed by atoms with E-state index >= 15 is 0 Å². The Morgan fingerprint density at radius 1 is 0.909 bits per heavy atom. The van der Waals surface area contributed by atoms with Gasteiger partial charge in [-0.25, -0.2) is 0 Å². The fourth-order valence-corrected chi connectivity index (χ4v) is 0.500. The van der Waals surface area contributed by atoms with Gasteiger partial charge in [0.15, 0.2) is 0 Å². The van der Waals surface area contributed by atoms with Gasteiger partial charge in [-0.15, -0.1) is 0 Å². The average molecular weight is 195 g/mol. The number of unbranched alkanes of at least 4 members (excludes halogenated alkanes) is 3. The summed E-state index contributed by atoms with van der Waals surface area (Å²) < 4.78 is 0. The topological polar surface area (TPSA) is 0 Å². The minimum atomic E-state index is -1.14. The van der Waals surface area contributed by atoms with Crippen LogP contribution in [0, 0.1) is 0 Å². The third kappa shape index (κ3) is 61.8. The van der Waals surface area contributed by atoms with Gasteiger partial charge in [0, 0.05) is 0 Å². The number of hydrogen-bond acceptors (Lipinski definition) is 0. The summed E-state index contributed by atoms with van der Waals surface area (Å²) in [5.41, 5.74) is 0. The van der Waals surface area contributed by atoms with Crippen molar-refractivity contribution in [3.05, 3.63) is 0 Å². The highest BCUT2D eigenvalue weighted by molar-refractivity contribution is 7.18. The van der Waals surface area contributed by atoms with Gasteiger partial charge in [-0.3, -0.25) is 0 Å². The van der Waals surface area contributed by atoms with Crippen molar-refractivity contribution in [1.29, 1.82) is 0 Å². The largest absolute Gasteiger partial charge is 0.168 e. The SMILES string of the molecule is CCCCCC.C[Si](C)(C)Cl. The summed E-state index contributed by atoms with van der Waals surface area (Å²) in [6.45, 7) is 10.7. The normalized spacial score (nSPS) is 10.4. The molecule has 0 aromatic carbocycles. The molecule has 0 bridgehead atoms. The van der Waals surface area contributed by atoms with Crippen molar-refractivity contribution in [3.63, 3.8) is 0 Å². The Morgan fingerprint density at radius 2 is 1.09 bits per heavy atom. The van der Waals surface area contributed by atoms with Crippen molar-refractivity contribution in [3.8, 4) is 0 Å². The molecule has 0 aromatic rings. The number of rotatable bonds is 3. The van der Waals surface area contributed by atoms with Crippen molar-refractivity contribution in [1.82, 2.24) is 0 Å². The Hall–Kier alpha value is 0.507. The van der Waals surface area contributed by atoms with Crippen LogP contribution in [0.1, 0.15) is 39.5 Å². The van der Waals surface area contributed by atoms with Crippen LogP contribution in [-0.4, -0.2) is 7.38 Å². The predicted molar refractivity (Wildman–Crippen MR) is 59.0 cm³/mol. The fraction of sp³-hybridized carbons (Fsp3) is 1.00. The molecule has 0 aliphatic heterocycles. The van der Waals surface area contributed by atoms with Gasteiger partial charge >= 0.3 is 0 Å². The third-order valence-electron chi connectivity index (χ3n) is 0.957. The summed E-state index contributed by atoms with van der Waals surface area (Å²) in [6.07, 6.45) is 5.54. The molecule has 0 nitrogen and oxygen atoms in total. The van der Waals surface area contributed by atoms with Crippen LogP contribution in [0.3, 0.4) is 0 Å². The Morgan fingerprint density at radius 3 is 1.18 bits per heavy atom. The minimum absolute atomic E-state index is 1.14. The first-order valence-electron chi connectivity index (χ1n) is 4.60. The number of halogens is 1. The van der Waals surface area contributed by atoms with Crippen molar-refractivity contribution >= 4 is 18.5 Å². The average Bonchev–Trinajstić information content (AvgIpc) is 1.79. The molecule has 0 rings (SSSR count). The van der Waals surface area contributed by atoms with Crippen molar-refractivity contribution in [2.45, 2.75) is 59.2 Å². The van der Waals surface area contributed by atoms with Crippen LogP contribution in [0.5, 0.6) is 0 Å². The molecule has 0 aromatic heterocycles. The lowest BCUT2D eigenvalue weighted by atomic mass is 10.2. The third-order valence-corrected chi connectivity index (χ3v) is 0.957. The molecule has 0 unspecified atom stereocenters. The van der Waals surface area contributed by atoms with Gasteiger partial charge in [-0.05, 0) is 0 Å². The van der Waals surface area contributed by atoms with Crippen LogP contribution < -0.4 is 0 Å². The summed E-state index contributed by atoms with van der Waals surface area (Å²) in [5, 5.41) is 0. The molecule has 0 heterocycles. The van der Waals surface area contributed by atoms with E-state index in [1.54, 1.807) is 0 Å². The first kappa shape index (κ1) is 14.1. The van der Waals surface area contributed by atoms with Crippen LogP contribution in [0.2, 0.25) is 19.6 Å². The summed E-state index contributed by atoms with van der Waals surface area (Å²) in [5.74, 6) is 0. The first-order valence-corrected chi connectivity index (χ1v) is 9.12. The van der Waals surface area contributed by atoms with E-state index in [4.69, 9.17) is 11.1 Å². The fourth-order valence-electron chi connectivity index (χ4n) is 0.500. The molecular weight excluding hydrogens is 172 g/mol. The maximum Gasteiger partial charge on any atom is 0.147 e. The molecule has 0 saturated heterocycles. The summed E-state index contributed by atoms with van der Waals surface area (Å²) >= 11 is 5.67. The lowest BCUT2D eigenvalue weighted by Gasteiger charge is -1.97. The molecule has 0 aliphatic carbocycles. The summed E-state index contributed by atoms with van der Waals surface area (Å²) in [6, 6.07) is 0. The van der Waals surface area contributed by atoms with Gasteiger partial charge in [0.05, 0.1) is 0 Å². The van der Waals surface area contributed by atoms with Crippen LogP contribution in [0.25, 0.3) is 0 Å². The maximum atomic E-state index is 5.67. The van der Waals surface area contributed by atoms with Crippen LogP contribution in [0.4, 0.5) is 0 Å². The Kier molecular flexibility index (Phi) is 11.0. The van der Waals surface area contributed by atoms with E-state index in [2.05, 4.69) is 33.5 Å². The van der Waals surface area contributed by atoms with Gasteiger partial charge in [0.1, 0.15) is 7.38 Å². The molecule has 0 aliphatic rings. The second-order valence-corrected chi connectivity index (χ2v) is 11.3. The van der Waals surface area contributed by atoms with Crippen molar-refractivity contribution in [2.75, 3.05) is 0 Å². The molecule has 0 saturated carbocycles. The maximum absolute atomic E-state index is 5.67. The zero-order chi connectivity index (χ0) is 9.33. The van der Waals surface area contributed by atoms with E-state index in [1.165, 1.54) is 25.7 Å². The van der Waals surface area contributed by atoms with E-state index in [0.717, 1.165) is 0 Å². The van der Waals surface area contributed by atoms with Crippen LogP contribution in [0.15, 0.2) is 0 Å². The lowest BCUT2D eigenvalue weighted by molar-refractivity contribution is 0.702. The van der Waals surface area contributed by atoms with Gasteiger partial charge in [0.25, 0.3) is 0 Å². The zero-order valence-corrected chi connectivity index (χ0v) is 10.5. The predicted octanol–water partition coefficient (Wildman–Crippen LogP) is 4.65. The molecule has 2 heteroatoms. The smallest absolute Gasteiger partial charge is 0.147 e. The summed E-state index contributed by atoms with van der Waals surface area (Å²) in [7, 11) is -1.14. The van der Waals surface area contributed by atoms with Gasteiger partial charge in [0.2, 0.25) is 0 Å². The van der Waals surface area contributed by atoms with E-state index in [9.17, 15) is 0 Å². The Labute approximate surface area is 78.1 Å². The Balaban J connectivity index is 0. The van der Waals surface area contributed by atoms with Gasteiger partial charge in [-0.1, -0.05) is 59.2 Å². The van der Waals surface area contributed by atoms with E-state index in [0.29, 0.717) is 0 Å². The summed E-state index contributed by atoms with van der Waals surface area (Å²) in [4.78, 5) is 0. The zero-order valence-electron chi connectivity index (χ0n) is 8.71. The molecule has 0 spiro atoms. The second-order valence-electron chi connectivity index (χ2n) is 3.77. The minimum Gasteiger partial charge on any atom is -0.168 e. The highest BCUT2D eigenvalue weighted by atomic mass is 35.6. The van der Waals surface area contributed by atoms with E-state index in [1.807, 2.05) is 0 Å². The highest BCUT2D eigenvalue weighted by Crippen LogP contribution is 2.03. The molecule has 11 heavy (non-hydrogen) atoms. The molecular formula is C9H23ClSi. The standard InChI is InChI=1S/C6H14.C3H9ClSi/c1-3-5-6-4-2;1-5(2,3)4/h3-6H2,1-2H3;1-3H3. The van der Waals surface area contributed by atoms with Crippen molar-refractivity contribution in [2.24, 2.45) is 0 Å². The molecule has 0 N–H and O–H groups in total. The van der Waals surface area contributed by atoms with E-state index in [-0.39, 0.29) is 0 Å². The molecule has 70 valence electrons. The molecule has 0 radical (unpaired) electrons. The molecule has 0 amide bonds. The van der Waals surface area contributed by atoms with Gasteiger partial charge < -0.3 is 0 Å². The lowest BCUT2D eigenvalue weighted by Crippen LogP contribution is -2.06. The molecule has 0 fully saturated rings. The van der Waals surface area contributed by atoms with Crippen LogP contribution >= 0.6 is 11.1 Å². The molecule has 0 atom stereocenters. The van der Waals surface area contributed by atoms with E-state index < -0.39 is 7.38 Å². The quantitative estimate of drug-likeness (QED) is 0.349. The highest BCUT2D eigenvalue weighted by Gasteiger charge is 2.04. The van der Waals surface area contributed by atoms with Gasteiger partial charge in [-0.2, -0.15) is 11.1 Å². The van der Waals surface area contributed by atoms with Crippen LogP contribution in [-0.2, 0) is 0 Å².